The number of rotatable bonds is 3. The Morgan fingerprint density at radius 3 is 2.23 bits per heavy atom. The van der Waals surface area contributed by atoms with Gasteiger partial charge in [-0.15, -0.1) is 0 Å². The van der Waals surface area contributed by atoms with Crippen LogP contribution in [0.25, 0.3) is 5.76 Å². The lowest BCUT2D eigenvalue weighted by Crippen LogP contribution is -2.42. The Morgan fingerprint density at radius 2 is 1.57 bits per heavy atom. The minimum Gasteiger partial charge on any atom is -0.507 e. The Kier molecular flexibility index (Phi) is 6.22. The van der Waals surface area contributed by atoms with Crippen molar-refractivity contribution in [1.29, 1.82) is 5.41 Å². The van der Waals surface area contributed by atoms with Gasteiger partial charge in [0.25, 0.3) is 0 Å². The van der Waals surface area contributed by atoms with E-state index in [1.165, 1.54) is 6.07 Å². The number of amidine groups is 1. The van der Waals surface area contributed by atoms with Crippen molar-refractivity contribution in [1.82, 2.24) is 0 Å². The summed E-state index contributed by atoms with van der Waals surface area (Å²) in [6.45, 7) is 0. The molecule has 0 amide bonds. The van der Waals surface area contributed by atoms with Crippen molar-refractivity contribution < 1.29 is 14.3 Å². The van der Waals surface area contributed by atoms with Gasteiger partial charge in [0.2, 0.25) is 0 Å². The standard InChI is InChI=1S/C28H21Cl2FN2O2/c29-17-10-8-16(9-11-17)27(35)26-24(20-4-1-2-5-21(20)31)25-22(6-3-7-23(25)34)33(28(26)32)19-14-12-18(30)13-15-19/h1-2,4-5,8-15,24,32,35H,3,6-7H2/b27-26+,32-28?. The molecule has 3 aromatic rings. The summed E-state index contributed by atoms with van der Waals surface area (Å²) in [7, 11) is 0. The summed E-state index contributed by atoms with van der Waals surface area (Å²) in [6.07, 6.45) is 1.49. The first kappa shape index (κ1) is 23.3. The van der Waals surface area contributed by atoms with Crippen molar-refractivity contribution in [2.45, 2.75) is 25.2 Å². The van der Waals surface area contributed by atoms with Gasteiger partial charge in [-0.3, -0.25) is 15.1 Å². The average molecular weight is 507 g/mol. The van der Waals surface area contributed by atoms with Gasteiger partial charge < -0.3 is 5.11 Å². The lowest BCUT2D eigenvalue weighted by atomic mass is 9.73. The number of aliphatic hydroxyl groups is 1. The third-order valence-corrected chi connectivity index (χ3v) is 6.93. The molecular formula is C28H21Cl2FN2O2. The lowest BCUT2D eigenvalue weighted by molar-refractivity contribution is -0.116. The fraction of sp³-hybridized carbons (Fsp3) is 0.143. The van der Waals surface area contributed by atoms with Crippen LogP contribution in [-0.4, -0.2) is 16.7 Å². The maximum absolute atomic E-state index is 15.2. The molecule has 3 aromatic carbocycles. The van der Waals surface area contributed by atoms with Crippen molar-refractivity contribution in [2.24, 2.45) is 0 Å². The molecule has 1 unspecified atom stereocenters. The highest BCUT2D eigenvalue weighted by atomic mass is 35.5. The number of aliphatic hydroxyl groups excluding tert-OH is 1. The van der Waals surface area contributed by atoms with Crippen LogP contribution in [0.4, 0.5) is 10.1 Å². The molecule has 1 aliphatic carbocycles. The van der Waals surface area contributed by atoms with E-state index in [-0.39, 0.29) is 28.5 Å². The van der Waals surface area contributed by atoms with Crippen molar-refractivity contribution >= 4 is 46.3 Å². The van der Waals surface area contributed by atoms with E-state index in [1.807, 2.05) is 0 Å². The number of carbonyl (C=O) groups is 1. The number of benzene rings is 3. The highest BCUT2D eigenvalue weighted by molar-refractivity contribution is 6.31. The van der Waals surface area contributed by atoms with Crippen LogP contribution < -0.4 is 4.90 Å². The van der Waals surface area contributed by atoms with Crippen molar-refractivity contribution in [3.63, 3.8) is 0 Å². The van der Waals surface area contributed by atoms with Gasteiger partial charge >= 0.3 is 0 Å². The second kappa shape index (κ2) is 9.33. The number of allylic oxidation sites excluding steroid dienone is 2. The van der Waals surface area contributed by atoms with E-state index >= 15 is 4.39 Å². The maximum Gasteiger partial charge on any atom is 0.161 e. The van der Waals surface area contributed by atoms with E-state index < -0.39 is 11.7 Å². The predicted octanol–water partition coefficient (Wildman–Crippen LogP) is 7.69. The maximum atomic E-state index is 15.2. The molecule has 0 aromatic heterocycles. The fourth-order valence-corrected chi connectivity index (χ4v) is 5.10. The summed E-state index contributed by atoms with van der Waals surface area (Å²) in [4.78, 5) is 15.1. The second-order valence-electron chi connectivity index (χ2n) is 8.52. The molecular weight excluding hydrogens is 486 g/mol. The quantitative estimate of drug-likeness (QED) is 0.357. The van der Waals surface area contributed by atoms with E-state index in [0.717, 1.165) is 0 Å². The average Bonchev–Trinajstić information content (AvgIpc) is 2.85. The van der Waals surface area contributed by atoms with Crippen LogP contribution in [0.3, 0.4) is 0 Å². The molecule has 0 radical (unpaired) electrons. The summed E-state index contributed by atoms with van der Waals surface area (Å²) in [5, 5.41) is 21.8. The molecule has 1 atom stereocenters. The second-order valence-corrected chi connectivity index (χ2v) is 9.39. The number of anilines is 1. The highest BCUT2D eigenvalue weighted by Gasteiger charge is 2.44. The Labute approximate surface area is 212 Å². The molecule has 1 heterocycles. The number of nitrogens with one attached hydrogen (secondary N) is 1. The van der Waals surface area contributed by atoms with Crippen LogP contribution in [-0.2, 0) is 4.79 Å². The fourth-order valence-electron chi connectivity index (χ4n) is 4.85. The van der Waals surface area contributed by atoms with Crippen LogP contribution in [0.1, 0.15) is 36.3 Å². The van der Waals surface area contributed by atoms with Crippen LogP contribution in [0, 0.1) is 11.2 Å². The molecule has 2 aliphatic rings. The summed E-state index contributed by atoms with van der Waals surface area (Å²) < 4.78 is 15.2. The van der Waals surface area contributed by atoms with Crippen molar-refractivity contribution in [3.8, 4) is 0 Å². The van der Waals surface area contributed by atoms with Gasteiger partial charge in [0.1, 0.15) is 17.4 Å². The first-order valence-corrected chi connectivity index (χ1v) is 12.0. The number of halogens is 3. The third kappa shape index (κ3) is 4.15. The largest absolute Gasteiger partial charge is 0.507 e. The summed E-state index contributed by atoms with van der Waals surface area (Å²) in [6, 6.07) is 19.7. The smallest absolute Gasteiger partial charge is 0.161 e. The van der Waals surface area contributed by atoms with E-state index in [2.05, 4.69) is 0 Å². The van der Waals surface area contributed by atoms with Crippen LogP contribution in [0.2, 0.25) is 10.0 Å². The van der Waals surface area contributed by atoms with Crippen LogP contribution >= 0.6 is 23.2 Å². The number of Topliss-reactive ketones (excluding diaryl/α,β-unsaturated/α-hetero) is 1. The molecule has 1 aliphatic heterocycles. The Bertz CT molecular complexity index is 1400. The molecule has 176 valence electrons. The zero-order valence-corrected chi connectivity index (χ0v) is 20.1. The van der Waals surface area contributed by atoms with E-state index in [4.69, 9.17) is 23.2 Å². The van der Waals surface area contributed by atoms with Gasteiger partial charge in [-0.25, -0.2) is 4.39 Å². The molecule has 4 nitrogen and oxygen atoms in total. The Balaban J connectivity index is 1.84. The number of ketones is 1. The molecule has 0 fully saturated rings. The normalized spacial score (nSPS) is 19.6. The monoisotopic (exact) mass is 506 g/mol. The zero-order valence-electron chi connectivity index (χ0n) is 18.6. The molecule has 7 heteroatoms. The lowest BCUT2D eigenvalue weighted by Gasteiger charge is -2.41. The van der Waals surface area contributed by atoms with Gasteiger partial charge in [-0.05, 0) is 67.4 Å². The topological polar surface area (TPSA) is 64.4 Å². The van der Waals surface area contributed by atoms with Gasteiger partial charge in [-0.2, -0.15) is 0 Å². The molecule has 2 N–H and O–H groups in total. The third-order valence-electron chi connectivity index (χ3n) is 6.43. The Morgan fingerprint density at radius 1 is 0.943 bits per heavy atom. The zero-order chi connectivity index (χ0) is 24.7. The summed E-state index contributed by atoms with van der Waals surface area (Å²) in [5.41, 5.74) is 2.50. The SMILES string of the molecule is N=C1/C(=C(/O)c2ccc(Cl)cc2)C(c2ccccc2F)C2=C(CCCC2=O)N1c1ccc(Cl)cc1. The molecule has 0 spiro atoms. The highest BCUT2D eigenvalue weighted by Crippen LogP contribution is 2.48. The minimum absolute atomic E-state index is 0.0264. The number of nitrogens with zero attached hydrogens (tertiary/aromatic N) is 1. The van der Waals surface area contributed by atoms with E-state index in [9.17, 15) is 15.3 Å². The molecule has 0 bridgehead atoms. The van der Waals surface area contributed by atoms with E-state index in [0.29, 0.717) is 51.8 Å². The van der Waals surface area contributed by atoms with Gasteiger partial charge in [0, 0.05) is 56.0 Å². The predicted molar refractivity (Wildman–Crippen MR) is 138 cm³/mol. The van der Waals surface area contributed by atoms with Gasteiger partial charge in [0.15, 0.2) is 5.78 Å². The molecule has 0 saturated carbocycles. The first-order valence-electron chi connectivity index (χ1n) is 11.2. The summed E-state index contributed by atoms with van der Waals surface area (Å²) in [5.74, 6) is -1.78. The molecule has 5 rings (SSSR count). The minimum atomic E-state index is -0.925. The summed E-state index contributed by atoms with van der Waals surface area (Å²) >= 11 is 12.1. The number of hydrogen-bond acceptors (Lipinski definition) is 3. The van der Waals surface area contributed by atoms with Crippen molar-refractivity contribution in [3.05, 3.63) is 117 Å². The van der Waals surface area contributed by atoms with Crippen LogP contribution in [0.15, 0.2) is 89.6 Å². The number of carbonyl (C=O) groups excluding carboxylic acids is 1. The number of hydrogen-bond donors (Lipinski definition) is 2. The van der Waals surface area contributed by atoms with Crippen LogP contribution in [0.5, 0.6) is 0 Å². The molecule has 0 saturated heterocycles. The van der Waals surface area contributed by atoms with Gasteiger partial charge in [-0.1, -0.05) is 41.4 Å². The molecule has 35 heavy (non-hydrogen) atoms. The van der Waals surface area contributed by atoms with Gasteiger partial charge in [0.05, 0.1) is 0 Å². The Hall–Kier alpha value is -3.41. The van der Waals surface area contributed by atoms with E-state index in [1.54, 1.807) is 71.6 Å². The first-order chi connectivity index (χ1) is 16.9. The van der Waals surface area contributed by atoms with Crippen molar-refractivity contribution in [2.75, 3.05) is 4.90 Å².